The van der Waals surface area contributed by atoms with Crippen molar-refractivity contribution in [3.05, 3.63) is 24.3 Å². The number of epoxide rings is 1. The number of carbonyl (C=O) groups is 4. The minimum absolute atomic E-state index is 0. The highest BCUT2D eigenvalue weighted by Crippen LogP contribution is 2.32. The molecule has 0 aromatic heterocycles. The molecule has 100 heavy (non-hydrogen) atoms. The van der Waals surface area contributed by atoms with Gasteiger partial charge in [-0.2, -0.15) is 0 Å². The van der Waals surface area contributed by atoms with Gasteiger partial charge in [0.1, 0.15) is 24.4 Å². The number of esters is 4. The van der Waals surface area contributed by atoms with Gasteiger partial charge in [0.05, 0.1) is 50.8 Å². The minimum atomic E-state index is -0.660. The van der Waals surface area contributed by atoms with Gasteiger partial charge in [-0.15, -0.1) is 0 Å². The number of carbonyl (C=O) groups excluding carboxylic acids is 4. The van der Waals surface area contributed by atoms with Gasteiger partial charge in [0.2, 0.25) is 0 Å². The lowest BCUT2D eigenvalue weighted by molar-refractivity contribution is -0.152. The Labute approximate surface area is 610 Å². The number of aliphatic hydroxyl groups is 10. The van der Waals surface area contributed by atoms with E-state index in [0.29, 0.717) is 96.2 Å². The molecule has 8 atom stereocenters. The van der Waals surface area contributed by atoms with Crippen molar-refractivity contribution in [2.75, 3.05) is 52.9 Å². The standard InChI is InChI=1S/C20H40O6.C20H38O5.2C20H38O4.CH4/c1-2-17(16-22)26-20(25)14-10-5-3-4-8-12-18(23)19(24)13-9-6-7-11-15-21;1-2-17(16-22)24-20(23)14-10-5-3-4-8-12-18-19(25-18)13-9-6-7-11-15-21;2*1-2-19(18-22)24-20(23)16-14-12-10-8-6-4-3-5-7-9-11-13-15-17-21;/h17-19,21-24H,2-16H2,1H3;17-19,21-22H,2-16H2,1H3;2*3,5,19,21-22H,2,4,6-18H2,1H3;1H4/b;;5-3+;5-3-;. The molecule has 8 unspecified atom stereocenters. The fourth-order valence-electron chi connectivity index (χ4n) is 11.0. The first kappa shape index (κ1) is 103. The molecule has 19 nitrogen and oxygen atoms in total. The maximum atomic E-state index is 11.6. The summed E-state index contributed by atoms with van der Waals surface area (Å²) in [5, 5.41) is 90.6. The van der Waals surface area contributed by atoms with Gasteiger partial charge in [0.15, 0.2) is 0 Å². The van der Waals surface area contributed by atoms with Crippen LogP contribution in [0.25, 0.3) is 0 Å². The summed E-state index contributed by atoms with van der Waals surface area (Å²) in [6.07, 6.45) is 58.2. The number of allylic oxidation sites excluding steroid dienone is 4. The molecular formula is C81H158O19. The summed E-state index contributed by atoms with van der Waals surface area (Å²) in [6.45, 7) is 8.36. The zero-order valence-electron chi connectivity index (χ0n) is 63.5. The normalized spacial score (nSPS) is 15.0. The van der Waals surface area contributed by atoms with Gasteiger partial charge in [0.25, 0.3) is 0 Å². The van der Waals surface area contributed by atoms with Crippen LogP contribution in [0.2, 0.25) is 0 Å². The molecule has 0 radical (unpaired) electrons. The Bertz CT molecular complexity index is 1680. The number of aliphatic hydroxyl groups excluding tert-OH is 10. The molecule has 1 fully saturated rings. The van der Waals surface area contributed by atoms with Crippen LogP contribution in [0.1, 0.15) is 369 Å². The smallest absolute Gasteiger partial charge is 0.306 e. The first-order valence-corrected chi connectivity index (χ1v) is 40.2. The number of hydrogen-bond acceptors (Lipinski definition) is 19. The van der Waals surface area contributed by atoms with E-state index in [0.717, 1.165) is 173 Å². The molecule has 0 bridgehead atoms. The van der Waals surface area contributed by atoms with Crippen LogP contribution in [0.15, 0.2) is 24.3 Å². The molecule has 0 spiro atoms. The molecule has 10 N–H and O–H groups in total. The Balaban J connectivity index is -0.000000613. The van der Waals surface area contributed by atoms with Gasteiger partial charge in [-0.1, -0.05) is 214 Å². The maximum absolute atomic E-state index is 11.6. The highest BCUT2D eigenvalue weighted by Gasteiger charge is 2.36. The molecule has 0 saturated carbocycles. The van der Waals surface area contributed by atoms with Crippen molar-refractivity contribution in [2.24, 2.45) is 0 Å². The van der Waals surface area contributed by atoms with Gasteiger partial charge >= 0.3 is 23.9 Å². The summed E-state index contributed by atoms with van der Waals surface area (Å²) < 4.78 is 26.3. The number of hydrogen-bond donors (Lipinski definition) is 10. The van der Waals surface area contributed by atoms with Crippen LogP contribution in [-0.2, 0) is 42.9 Å². The second-order valence-electron chi connectivity index (χ2n) is 27.0. The summed E-state index contributed by atoms with van der Waals surface area (Å²) >= 11 is 0. The Hall–Kier alpha value is -3.08. The lowest BCUT2D eigenvalue weighted by Crippen LogP contribution is -2.25. The summed E-state index contributed by atoms with van der Waals surface area (Å²) in [7, 11) is 0. The van der Waals surface area contributed by atoms with E-state index in [-0.39, 0.29) is 88.8 Å². The second kappa shape index (κ2) is 83.2. The summed E-state index contributed by atoms with van der Waals surface area (Å²) in [6, 6.07) is 0. The van der Waals surface area contributed by atoms with Crippen LogP contribution in [0.4, 0.5) is 0 Å². The Kier molecular flexibility index (Phi) is 85.9. The number of unbranched alkanes of at least 4 members (excludes halogenated alkanes) is 32. The molecule has 0 aromatic carbocycles. The van der Waals surface area contributed by atoms with Gasteiger partial charge in [-0.05, 0) is 154 Å². The molecule has 1 saturated heterocycles. The van der Waals surface area contributed by atoms with E-state index in [9.17, 15) is 29.4 Å². The predicted molar refractivity (Wildman–Crippen MR) is 405 cm³/mol. The van der Waals surface area contributed by atoms with Gasteiger partial charge in [-0.3, -0.25) is 19.2 Å². The molecule has 1 rings (SSSR count). The van der Waals surface area contributed by atoms with Crippen molar-refractivity contribution in [3.8, 4) is 0 Å². The SMILES string of the molecule is C.CCC(CO)OC(=O)CCCCCCC/C=C/CCCCCCO.CCC(CO)OC(=O)CCCCCCC/C=C\CCCCCCO.CCC(CO)OC(=O)CCCCCCCC(O)C(O)CCCCCCO.CCC(CO)OC(=O)CCCCCCCC1OC1CCCCCCO. The lowest BCUT2D eigenvalue weighted by atomic mass is 10.00. The molecule has 0 amide bonds. The van der Waals surface area contributed by atoms with E-state index < -0.39 is 12.2 Å². The number of rotatable bonds is 69. The Morgan fingerprint density at radius 2 is 0.500 bits per heavy atom. The predicted octanol–water partition coefficient (Wildman–Crippen LogP) is 16.1. The van der Waals surface area contributed by atoms with Crippen molar-refractivity contribution in [3.63, 3.8) is 0 Å². The van der Waals surface area contributed by atoms with Crippen LogP contribution >= 0.6 is 0 Å². The van der Waals surface area contributed by atoms with E-state index in [4.69, 9.17) is 64.5 Å². The Morgan fingerprint density at radius 3 is 0.720 bits per heavy atom. The molecule has 0 aromatic rings. The van der Waals surface area contributed by atoms with Crippen LogP contribution in [-0.4, -0.2) is 177 Å². The average Bonchev–Trinajstić information content (AvgIpc) is 1.71. The third-order valence-electron chi connectivity index (χ3n) is 17.9. The fraction of sp³-hybridized carbons (Fsp3) is 0.901. The summed E-state index contributed by atoms with van der Waals surface area (Å²) in [5.74, 6) is -0.798. The van der Waals surface area contributed by atoms with Crippen molar-refractivity contribution in [2.45, 2.75) is 418 Å². The second-order valence-corrected chi connectivity index (χ2v) is 27.0. The van der Waals surface area contributed by atoms with Crippen molar-refractivity contribution >= 4 is 23.9 Å². The lowest BCUT2D eigenvalue weighted by Gasteiger charge is -2.17. The monoisotopic (exact) mass is 1440 g/mol. The first-order chi connectivity index (χ1) is 48.2. The van der Waals surface area contributed by atoms with E-state index in [1.54, 1.807) is 0 Å². The van der Waals surface area contributed by atoms with E-state index >= 15 is 0 Å². The Morgan fingerprint density at radius 1 is 0.300 bits per heavy atom. The van der Waals surface area contributed by atoms with Gasteiger partial charge in [0, 0.05) is 52.1 Å². The molecule has 1 aliphatic heterocycles. The minimum Gasteiger partial charge on any atom is -0.460 e. The van der Waals surface area contributed by atoms with Crippen LogP contribution in [0.3, 0.4) is 0 Å². The van der Waals surface area contributed by atoms with Crippen molar-refractivity contribution in [1.29, 1.82) is 0 Å². The van der Waals surface area contributed by atoms with Crippen LogP contribution in [0.5, 0.6) is 0 Å². The zero-order chi connectivity index (χ0) is 73.7. The van der Waals surface area contributed by atoms with Crippen LogP contribution < -0.4 is 0 Å². The third-order valence-corrected chi connectivity index (χ3v) is 17.9. The van der Waals surface area contributed by atoms with Gasteiger partial charge in [-0.25, -0.2) is 0 Å². The van der Waals surface area contributed by atoms with Crippen molar-refractivity contribution < 1.29 is 93.9 Å². The fourth-order valence-corrected chi connectivity index (χ4v) is 11.0. The molecule has 1 aliphatic rings. The van der Waals surface area contributed by atoms with Crippen LogP contribution in [0, 0.1) is 0 Å². The number of ether oxygens (including phenoxy) is 5. The van der Waals surface area contributed by atoms with Gasteiger partial charge < -0.3 is 74.7 Å². The topological polar surface area (TPSA) is 320 Å². The summed E-state index contributed by atoms with van der Waals surface area (Å²) in [4.78, 5) is 46.2. The zero-order valence-corrected chi connectivity index (χ0v) is 63.5. The highest BCUT2D eigenvalue weighted by atomic mass is 16.6. The van der Waals surface area contributed by atoms with E-state index in [2.05, 4.69) is 24.3 Å². The van der Waals surface area contributed by atoms with E-state index in [1.165, 1.54) is 96.3 Å². The molecule has 596 valence electrons. The van der Waals surface area contributed by atoms with Crippen molar-refractivity contribution in [1.82, 2.24) is 0 Å². The van der Waals surface area contributed by atoms with E-state index in [1.807, 2.05) is 27.7 Å². The largest absolute Gasteiger partial charge is 0.460 e. The third kappa shape index (κ3) is 76.1. The quantitative estimate of drug-likeness (QED) is 0.00889. The maximum Gasteiger partial charge on any atom is 0.306 e. The average molecular weight is 1440 g/mol. The molecule has 1 heterocycles. The summed E-state index contributed by atoms with van der Waals surface area (Å²) in [5.41, 5.74) is 0. The molecule has 0 aliphatic carbocycles. The molecular weight excluding hydrogens is 1280 g/mol. The molecule has 19 heteroatoms. The highest BCUT2D eigenvalue weighted by molar-refractivity contribution is 5.70. The first-order valence-electron chi connectivity index (χ1n) is 40.2.